The van der Waals surface area contributed by atoms with Crippen molar-refractivity contribution in [3.63, 3.8) is 0 Å². The molecule has 0 bridgehead atoms. The molecule has 2 aromatic carbocycles. The monoisotopic (exact) mass is 890 g/mol. The Bertz CT molecular complexity index is 2720. The minimum atomic E-state index is -0.804. The zero-order valence-electron chi connectivity index (χ0n) is 34.7. The molecule has 0 saturated carbocycles. The fourth-order valence-corrected chi connectivity index (χ4v) is 7.31. The molecule has 22 heteroatoms. The number of nitrogens with two attached hydrogens (primary N) is 1. The van der Waals surface area contributed by atoms with Crippen molar-refractivity contribution in [1.82, 2.24) is 19.6 Å². The summed E-state index contributed by atoms with van der Waals surface area (Å²) >= 11 is 1.97. The molecule has 0 fully saturated rings. The van der Waals surface area contributed by atoms with Gasteiger partial charge in [0.05, 0.1) is 34.5 Å². The van der Waals surface area contributed by atoms with Crippen LogP contribution in [0.3, 0.4) is 0 Å². The molecule has 4 N–H and O–H groups in total. The van der Waals surface area contributed by atoms with Gasteiger partial charge in [0.25, 0.3) is 17.5 Å². The van der Waals surface area contributed by atoms with Crippen LogP contribution in [0.15, 0.2) is 60.7 Å². The molecular weight excluding hydrogens is 849 g/mol. The van der Waals surface area contributed by atoms with Crippen molar-refractivity contribution in [2.24, 2.45) is 0 Å². The number of carbonyl (C=O) groups excluding carboxylic acids is 6. The number of ether oxygens (including phenoxy) is 4. The van der Waals surface area contributed by atoms with E-state index in [9.17, 15) is 38.9 Å². The van der Waals surface area contributed by atoms with Crippen LogP contribution < -0.4 is 16.4 Å². The number of thiophene rings is 2. The Balaban J connectivity index is 0.000000235. The molecule has 62 heavy (non-hydrogen) atoms. The third-order valence-electron chi connectivity index (χ3n) is 7.82. The van der Waals surface area contributed by atoms with Gasteiger partial charge in [-0.25, -0.2) is 19.2 Å². The minimum Gasteiger partial charge on any atom is -0.456 e. The Labute approximate surface area is 361 Å². The van der Waals surface area contributed by atoms with Crippen LogP contribution >= 0.6 is 22.7 Å². The smallest absolute Gasteiger partial charge is 0.436 e. The molecule has 6 rings (SSSR count). The fraction of sp³-hybridized carbons (Fsp3) is 0.300. The van der Waals surface area contributed by atoms with Crippen molar-refractivity contribution in [3.05, 3.63) is 91.7 Å². The Kier molecular flexibility index (Phi) is 13.8. The number of hydrogen-bond acceptors (Lipinski definition) is 17. The summed E-state index contributed by atoms with van der Waals surface area (Å²) in [5, 5.41) is 25.3. The fourth-order valence-electron chi connectivity index (χ4n) is 5.35. The van der Waals surface area contributed by atoms with E-state index in [0.29, 0.717) is 15.9 Å². The number of nitro groups is 1. The first kappa shape index (κ1) is 45.9. The first-order chi connectivity index (χ1) is 29.1. The molecule has 0 aliphatic rings. The number of aromatic nitrogens is 4. The average Bonchev–Trinajstić information content (AvgIpc) is 3.96. The van der Waals surface area contributed by atoms with Crippen LogP contribution in [0.1, 0.15) is 95.4 Å². The number of amides is 2. The number of fused-ring (bicyclic) bond motifs is 2. The molecule has 0 aliphatic carbocycles. The van der Waals surface area contributed by atoms with E-state index >= 15 is 0 Å². The second-order valence-corrected chi connectivity index (χ2v) is 16.9. The summed E-state index contributed by atoms with van der Waals surface area (Å²) in [6.45, 7) is 14.0. The molecule has 326 valence electrons. The van der Waals surface area contributed by atoms with Gasteiger partial charge in [-0.1, -0.05) is 24.3 Å². The van der Waals surface area contributed by atoms with Crippen LogP contribution in [0.5, 0.6) is 0 Å². The van der Waals surface area contributed by atoms with Gasteiger partial charge in [0.1, 0.15) is 36.2 Å². The summed E-state index contributed by atoms with van der Waals surface area (Å²) in [5.41, 5.74) is 4.45. The second kappa shape index (κ2) is 18.6. The minimum absolute atomic E-state index is 0.0535. The molecule has 0 spiro atoms. The number of anilines is 3. The highest BCUT2D eigenvalue weighted by molar-refractivity contribution is 7.21. The highest BCUT2D eigenvalue weighted by Gasteiger charge is 2.29. The van der Waals surface area contributed by atoms with E-state index in [-0.39, 0.29) is 61.6 Å². The molecule has 0 unspecified atom stereocenters. The predicted molar refractivity (Wildman–Crippen MR) is 230 cm³/mol. The standard InChI is InChI=1S/C20H20N4O7S.C20H22N4O5S/c1-5-30-19(27)23-17-12(10-14(32-17)18(26)31-20(2,3)4)15(22-23)21-16(25)11-8-6-7-9-13(11)24(28)29;1-5-28-19(27)24-17-12(10-14(30-17)18(26)29-20(2,3)4)15(23-24)22-16(25)11-8-6-7-9-13(11)21/h6-10H,5H2,1-4H3,(H,21,22,25);6-10H,5,21H2,1-4H3,(H,22,23,25). The zero-order chi connectivity index (χ0) is 45.7. The van der Waals surface area contributed by atoms with Crippen molar-refractivity contribution >= 4 is 102 Å². The van der Waals surface area contributed by atoms with E-state index in [4.69, 9.17) is 24.7 Å². The van der Waals surface area contributed by atoms with E-state index < -0.39 is 52.1 Å². The second-order valence-electron chi connectivity index (χ2n) is 14.9. The molecule has 4 aromatic heterocycles. The van der Waals surface area contributed by atoms with Gasteiger partial charge in [-0.05, 0) is 85.7 Å². The van der Waals surface area contributed by atoms with Gasteiger partial charge in [0, 0.05) is 11.8 Å². The first-order valence-corrected chi connectivity index (χ1v) is 20.3. The molecule has 0 saturated heterocycles. The van der Waals surface area contributed by atoms with Gasteiger partial charge >= 0.3 is 24.1 Å². The van der Waals surface area contributed by atoms with E-state index in [1.807, 2.05) is 0 Å². The summed E-state index contributed by atoms with van der Waals surface area (Å²) in [5.74, 6) is -2.38. The number of nitrogens with zero attached hydrogens (tertiary/aromatic N) is 5. The third kappa shape index (κ3) is 10.8. The maximum atomic E-state index is 12.7. The van der Waals surface area contributed by atoms with Crippen LogP contribution in [0, 0.1) is 10.1 Å². The Morgan fingerprint density at radius 2 is 1.10 bits per heavy atom. The van der Waals surface area contributed by atoms with Crippen LogP contribution in [-0.4, -0.2) is 84.8 Å². The number of nitro benzene ring substituents is 1. The van der Waals surface area contributed by atoms with Gasteiger partial charge in [-0.2, -0.15) is 9.36 Å². The Hall–Kier alpha value is -7.20. The molecule has 6 aromatic rings. The third-order valence-corrected chi connectivity index (χ3v) is 10.00. The topological polar surface area (TPSA) is 268 Å². The lowest BCUT2D eigenvalue weighted by molar-refractivity contribution is -0.385. The van der Waals surface area contributed by atoms with Gasteiger partial charge in [-0.3, -0.25) is 19.7 Å². The van der Waals surface area contributed by atoms with E-state index in [1.54, 1.807) is 79.7 Å². The first-order valence-electron chi connectivity index (χ1n) is 18.7. The Morgan fingerprint density at radius 3 is 1.50 bits per heavy atom. The predicted octanol–water partition coefficient (Wildman–Crippen LogP) is 8.11. The van der Waals surface area contributed by atoms with E-state index in [0.717, 1.165) is 32.0 Å². The van der Waals surface area contributed by atoms with Crippen LogP contribution in [0.25, 0.3) is 20.4 Å². The van der Waals surface area contributed by atoms with Crippen LogP contribution in [0.2, 0.25) is 0 Å². The summed E-state index contributed by atoms with van der Waals surface area (Å²) in [6.07, 6.45) is -1.53. The van der Waals surface area contributed by atoms with Crippen molar-refractivity contribution in [2.45, 2.75) is 66.6 Å². The van der Waals surface area contributed by atoms with Gasteiger partial charge in [0.2, 0.25) is 0 Å². The largest absolute Gasteiger partial charge is 0.456 e. The van der Waals surface area contributed by atoms with Crippen molar-refractivity contribution in [2.75, 3.05) is 29.6 Å². The van der Waals surface area contributed by atoms with Gasteiger partial charge in [0.15, 0.2) is 11.6 Å². The maximum absolute atomic E-state index is 12.7. The summed E-state index contributed by atoms with van der Waals surface area (Å²) in [4.78, 5) is 86.7. The lowest BCUT2D eigenvalue weighted by Gasteiger charge is -2.18. The van der Waals surface area contributed by atoms with E-state index in [2.05, 4.69) is 20.8 Å². The average molecular weight is 891 g/mol. The number of rotatable bonds is 9. The summed E-state index contributed by atoms with van der Waals surface area (Å²) in [7, 11) is 0. The molecule has 0 radical (unpaired) electrons. The highest BCUT2D eigenvalue weighted by Crippen LogP contribution is 2.35. The lowest BCUT2D eigenvalue weighted by Crippen LogP contribution is -2.23. The van der Waals surface area contributed by atoms with Gasteiger partial charge in [-0.15, -0.1) is 32.9 Å². The molecule has 20 nitrogen and oxygen atoms in total. The molecule has 0 aliphatic heterocycles. The van der Waals surface area contributed by atoms with Crippen LogP contribution in [0.4, 0.5) is 32.6 Å². The van der Waals surface area contributed by atoms with Crippen molar-refractivity contribution in [3.8, 4) is 0 Å². The van der Waals surface area contributed by atoms with Crippen molar-refractivity contribution in [1.29, 1.82) is 0 Å². The molecule has 2 amide bonds. The maximum Gasteiger partial charge on any atom is 0.436 e. The number of nitrogens with one attached hydrogen (secondary N) is 2. The number of hydrogen-bond donors (Lipinski definition) is 3. The molecular formula is C40H42N8O12S2. The summed E-state index contributed by atoms with van der Waals surface area (Å²) < 4.78 is 22.7. The summed E-state index contributed by atoms with van der Waals surface area (Å²) in [6, 6.07) is 15.0. The van der Waals surface area contributed by atoms with Crippen molar-refractivity contribution < 1.29 is 52.6 Å². The number of esters is 2. The van der Waals surface area contributed by atoms with Crippen LogP contribution in [-0.2, 0) is 18.9 Å². The normalized spacial score (nSPS) is 11.3. The number of benzene rings is 2. The SMILES string of the molecule is CCOC(=O)n1nc(NC(=O)c2ccccc2N)c2cc(C(=O)OC(C)(C)C)sc21.CCOC(=O)n1nc(NC(=O)c2ccccc2[N+](=O)[O-])c2cc(C(=O)OC(C)(C)C)sc21. The number of para-hydroxylation sites is 2. The number of nitrogen functional groups attached to an aromatic ring is 1. The molecule has 4 heterocycles. The van der Waals surface area contributed by atoms with Gasteiger partial charge < -0.3 is 35.3 Å². The molecule has 0 atom stereocenters. The zero-order valence-corrected chi connectivity index (χ0v) is 36.3. The lowest BCUT2D eigenvalue weighted by atomic mass is 10.1. The quantitative estimate of drug-likeness (QED) is 0.0407. The Morgan fingerprint density at radius 1 is 0.694 bits per heavy atom. The number of carbonyl (C=O) groups is 6. The highest BCUT2D eigenvalue weighted by atomic mass is 32.1. The van der Waals surface area contributed by atoms with E-state index in [1.165, 1.54) is 36.4 Å².